The first kappa shape index (κ1) is 14.6. The number of rotatable bonds is 5. The molecule has 0 saturated heterocycles. The van der Waals surface area contributed by atoms with Crippen molar-refractivity contribution in [2.75, 3.05) is 5.32 Å². The highest BCUT2D eigenvalue weighted by Crippen LogP contribution is 2.24. The van der Waals surface area contributed by atoms with E-state index in [1.54, 1.807) is 18.2 Å². The number of aromatic carboxylic acids is 1. The Balaban J connectivity index is 2.04. The van der Waals surface area contributed by atoms with E-state index in [4.69, 9.17) is 5.11 Å². The Morgan fingerprint density at radius 1 is 1.15 bits per heavy atom. The number of anilines is 1. The maximum atomic E-state index is 10.9. The van der Waals surface area contributed by atoms with E-state index in [-0.39, 0.29) is 5.56 Å². The topological polar surface area (TPSA) is 49.3 Å². The molecule has 2 aromatic rings. The number of aryl methyl sites for hydroxylation is 1. The molecule has 0 amide bonds. The lowest BCUT2D eigenvalue weighted by Gasteiger charge is -2.10. The molecule has 104 valence electrons. The van der Waals surface area contributed by atoms with Gasteiger partial charge in [-0.15, -0.1) is 0 Å². The van der Waals surface area contributed by atoms with Gasteiger partial charge in [-0.1, -0.05) is 31.2 Å². The van der Waals surface area contributed by atoms with Crippen LogP contribution in [0, 0.1) is 0 Å². The molecule has 20 heavy (non-hydrogen) atoms. The highest BCUT2D eigenvalue weighted by molar-refractivity contribution is 9.10. The summed E-state index contributed by atoms with van der Waals surface area (Å²) in [6.07, 6.45) is 1.04. The molecule has 2 rings (SSSR count). The number of nitrogens with one attached hydrogen (secondary N) is 1. The molecule has 0 heterocycles. The number of carbonyl (C=O) groups is 1. The van der Waals surface area contributed by atoms with Crippen LogP contribution in [0.25, 0.3) is 0 Å². The lowest BCUT2D eigenvalue weighted by atomic mass is 10.1. The van der Waals surface area contributed by atoms with Gasteiger partial charge >= 0.3 is 5.97 Å². The molecule has 0 aromatic heterocycles. The zero-order chi connectivity index (χ0) is 14.5. The molecule has 0 unspecified atom stereocenters. The number of halogens is 1. The molecular weight excluding hydrogens is 318 g/mol. The maximum Gasteiger partial charge on any atom is 0.335 e. The summed E-state index contributed by atoms with van der Waals surface area (Å²) in [7, 11) is 0. The fourth-order valence-electron chi connectivity index (χ4n) is 1.88. The standard InChI is InChI=1S/C16H16BrNO2/c1-2-11-3-5-12(6-4-11)10-18-15-8-7-13(16(19)20)9-14(15)17/h3-9,18H,2,10H2,1H3,(H,19,20). The summed E-state index contributed by atoms with van der Waals surface area (Å²) in [5, 5.41) is 12.2. The normalized spacial score (nSPS) is 10.3. The van der Waals surface area contributed by atoms with E-state index in [1.807, 2.05) is 0 Å². The van der Waals surface area contributed by atoms with Crippen LogP contribution in [-0.4, -0.2) is 11.1 Å². The zero-order valence-corrected chi connectivity index (χ0v) is 12.8. The minimum absolute atomic E-state index is 0.273. The largest absolute Gasteiger partial charge is 0.478 e. The van der Waals surface area contributed by atoms with Gasteiger partial charge in [0, 0.05) is 16.7 Å². The molecule has 0 radical (unpaired) electrons. The smallest absolute Gasteiger partial charge is 0.335 e. The first-order valence-electron chi connectivity index (χ1n) is 6.44. The lowest BCUT2D eigenvalue weighted by Crippen LogP contribution is -2.02. The van der Waals surface area contributed by atoms with Crippen molar-refractivity contribution in [2.24, 2.45) is 0 Å². The van der Waals surface area contributed by atoms with Crippen molar-refractivity contribution < 1.29 is 9.90 Å². The van der Waals surface area contributed by atoms with Crippen molar-refractivity contribution >= 4 is 27.6 Å². The molecule has 0 bridgehead atoms. The van der Waals surface area contributed by atoms with Gasteiger partial charge in [-0.3, -0.25) is 0 Å². The highest BCUT2D eigenvalue weighted by Gasteiger charge is 2.06. The van der Waals surface area contributed by atoms with Crippen molar-refractivity contribution in [3.8, 4) is 0 Å². The molecule has 0 spiro atoms. The van der Waals surface area contributed by atoms with Crippen LogP contribution in [0.3, 0.4) is 0 Å². The molecule has 2 aromatic carbocycles. The second-order valence-corrected chi connectivity index (χ2v) is 5.38. The number of carboxylic acids is 1. The maximum absolute atomic E-state index is 10.9. The third-order valence-electron chi connectivity index (χ3n) is 3.13. The van der Waals surface area contributed by atoms with Crippen LogP contribution in [0.2, 0.25) is 0 Å². The summed E-state index contributed by atoms with van der Waals surface area (Å²) in [5.41, 5.74) is 3.67. The molecule has 3 nitrogen and oxygen atoms in total. The summed E-state index contributed by atoms with van der Waals surface area (Å²) in [4.78, 5) is 10.9. The molecule has 0 aliphatic rings. The van der Waals surface area contributed by atoms with E-state index in [0.29, 0.717) is 6.54 Å². The zero-order valence-electron chi connectivity index (χ0n) is 11.2. The molecule has 0 aliphatic heterocycles. The molecule has 0 fully saturated rings. The molecule has 0 saturated carbocycles. The van der Waals surface area contributed by atoms with E-state index in [2.05, 4.69) is 52.4 Å². The fourth-order valence-corrected chi connectivity index (χ4v) is 2.40. The van der Waals surface area contributed by atoms with Gasteiger partial charge in [0.15, 0.2) is 0 Å². The lowest BCUT2D eigenvalue weighted by molar-refractivity contribution is 0.0697. The predicted molar refractivity (Wildman–Crippen MR) is 84.2 cm³/mol. The Hall–Kier alpha value is -1.81. The summed E-state index contributed by atoms with van der Waals surface area (Å²) < 4.78 is 0.752. The Morgan fingerprint density at radius 3 is 2.35 bits per heavy atom. The summed E-state index contributed by atoms with van der Waals surface area (Å²) >= 11 is 3.39. The van der Waals surface area contributed by atoms with Gasteiger partial charge in [0.05, 0.1) is 5.56 Å². The molecule has 0 aliphatic carbocycles. The minimum Gasteiger partial charge on any atom is -0.478 e. The van der Waals surface area contributed by atoms with Crippen molar-refractivity contribution in [3.63, 3.8) is 0 Å². The minimum atomic E-state index is -0.924. The number of carboxylic acid groups (broad SMARTS) is 1. The van der Waals surface area contributed by atoms with Gasteiger partial charge in [0.2, 0.25) is 0 Å². The van der Waals surface area contributed by atoms with Gasteiger partial charge in [-0.05, 0) is 51.7 Å². The average Bonchev–Trinajstić information content (AvgIpc) is 2.46. The van der Waals surface area contributed by atoms with E-state index < -0.39 is 5.97 Å². The van der Waals surface area contributed by atoms with Gasteiger partial charge in [0.25, 0.3) is 0 Å². The SMILES string of the molecule is CCc1ccc(CNc2ccc(C(=O)O)cc2Br)cc1. The van der Waals surface area contributed by atoms with Crippen LogP contribution < -0.4 is 5.32 Å². The van der Waals surface area contributed by atoms with Gasteiger partial charge in [-0.2, -0.15) is 0 Å². The van der Waals surface area contributed by atoms with E-state index in [9.17, 15) is 4.79 Å². The average molecular weight is 334 g/mol. The Labute approximate surface area is 126 Å². The molecule has 0 atom stereocenters. The first-order valence-corrected chi connectivity index (χ1v) is 7.24. The van der Waals surface area contributed by atoms with Crippen LogP contribution >= 0.6 is 15.9 Å². The third kappa shape index (κ3) is 3.61. The van der Waals surface area contributed by atoms with Crippen molar-refractivity contribution in [1.82, 2.24) is 0 Å². The van der Waals surface area contributed by atoms with Crippen molar-refractivity contribution in [2.45, 2.75) is 19.9 Å². The van der Waals surface area contributed by atoms with E-state index >= 15 is 0 Å². The molecular formula is C16H16BrNO2. The summed E-state index contributed by atoms with van der Waals surface area (Å²) in [5.74, 6) is -0.924. The third-order valence-corrected chi connectivity index (χ3v) is 3.79. The van der Waals surface area contributed by atoms with Crippen LogP contribution in [-0.2, 0) is 13.0 Å². The predicted octanol–water partition coefficient (Wildman–Crippen LogP) is 4.32. The van der Waals surface area contributed by atoms with Gasteiger partial charge in [0.1, 0.15) is 0 Å². The van der Waals surface area contributed by atoms with Gasteiger partial charge < -0.3 is 10.4 Å². The number of hydrogen-bond donors (Lipinski definition) is 2. The monoisotopic (exact) mass is 333 g/mol. The Bertz CT molecular complexity index is 608. The second kappa shape index (κ2) is 6.57. The quantitative estimate of drug-likeness (QED) is 0.856. The van der Waals surface area contributed by atoms with Crippen LogP contribution in [0.5, 0.6) is 0 Å². The van der Waals surface area contributed by atoms with Crippen LogP contribution in [0.1, 0.15) is 28.4 Å². The Morgan fingerprint density at radius 2 is 1.80 bits per heavy atom. The second-order valence-electron chi connectivity index (χ2n) is 4.52. The van der Waals surface area contributed by atoms with Crippen LogP contribution in [0.15, 0.2) is 46.9 Å². The first-order chi connectivity index (χ1) is 9.60. The van der Waals surface area contributed by atoms with E-state index in [0.717, 1.165) is 16.6 Å². The molecule has 2 N–H and O–H groups in total. The van der Waals surface area contributed by atoms with Crippen molar-refractivity contribution in [3.05, 3.63) is 63.6 Å². The van der Waals surface area contributed by atoms with Gasteiger partial charge in [-0.25, -0.2) is 4.79 Å². The number of hydrogen-bond acceptors (Lipinski definition) is 2. The number of benzene rings is 2. The van der Waals surface area contributed by atoms with Crippen LogP contribution in [0.4, 0.5) is 5.69 Å². The highest BCUT2D eigenvalue weighted by atomic mass is 79.9. The van der Waals surface area contributed by atoms with Crippen molar-refractivity contribution in [1.29, 1.82) is 0 Å². The Kier molecular flexibility index (Phi) is 4.79. The summed E-state index contributed by atoms with van der Waals surface area (Å²) in [6, 6.07) is 13.4. The van der Waals surface area contributed by atoms with E-state index in [1.165, 1.54) is 11.1 Å². The summed E-state index contributed by atoms with van der Waals surface area (Å²) in [6.45, 7) is 2.84. The fraction of sp³-hybridized carbons (Fsp3) is 0.188. The molecule has 4 heteroatoms.